The van der Waals surface area contributed by atoms with E-state index in [0.29, 0.717) is 12.2 Å². The van der Waals surface area contributed by atoms with Gasteiger partial charge in [0, 0.05) is 37.3 Å². The van der Waals surface area contributed by atoms with Crippen molar-refractivity contribution in [1.82, 2.24) is 29.8 Å². The Balaban J connectivity index is 1.47. The number of fused-ring (bicyclic) bond motifs is 1. The predicted molar refractivity (Wildman–Crippen MR) is 178 cm³/mol. The van der Waals surface area contributed by atoms with E-state index in [-0.39, 0.29) is 49.3 Å². The second kappa shape index (κ2) is 12.5. The summed E-state index contributed by atoms with van der Waals surface area (Å²) < 4.78 is 87.5. The van der Waals surface area contributed by atoms with Gasteiger partial charge in [0.2, 0.25) is 5.88 Å². The summed E-state index contributed by atoms with van der Waals surface area (Å²) in [6, 6.07) is 2.56. The van der Waals surface area contributed by atoms with Crippen LogP contribution < -0.4 is 25.4 Å². The fraction of sp³-hybridized carbons (Fsp3) is 0.485. The molecule has 0 bridgehead atoms. The molecular weight excluding hydrogens is 685 g/mol. The molecule has 2 fully saturated rings. The van der Waals surface area contributed by atoms with Crippen LogP contribution in [0, 0.1) is 12.7 Å². The zero-order valence-corrected chi connectivity index (χ0v) is 28.5. The predicted octanol–water partition coefficient (Wildman–Crippen LogP) is 6.53. The molecular formula is C33H35ClF5N9O2. The number of nitrogens with zero attached hydrogens (tertiary/aromatic N) is 7. The van der Waals surface area contributed by atoms with Crippen LogP contribution in [-0.4, -0.2) is 80.9 Å². The molecule has 4 aromatic rings. The lowest BCUT2D eigenvalue weighted by molar-refractivity contribution is -0.137. The monoisotopic (exact) mass is 719 g/mol. The van der Waals surface area contributed by atoms with Crippen molar-refractivity contribution >= 4 is 40.0 Å². The van der Waals surface area contributed by atoms with Gasteiger partial charge in [-0.05, 0) is 46.2 Å². The Kier molecular flexibility index (Phi) is 8.52. The minimum absolute atomic E-state index is 0.00740. The van der Waals surface area contributed by atoms with Crippen molar-refractivity contribution in [1.29, 1.82) is 0 Å². The molecule has 3 N–H and O–H groups in total. The molecule has 2 unspecified atom stereocenters. The number of nitrogens with one attached hydrogen (secondary N) is 1. The van der Waals surface area contributed by atoms with Crippen LogP contribution in [0.2, 0.25) is 5.02 Å². The van der Waals surface area contributed by atoms with E-state index in [0.717, 1.165) is 25.5 Å². The van der Waals surface area contributed by atoms with E-state index >= 15 is 4.39 Å². The molecule has 7 heterocycles. The van der Waals surface area contributed by atoms with Crippen molar-refractivity contribution in [3.05, 3.63) is 46.0 Å². The van der Waals surface area contributed by atoms with Gasteiger partial charge in [-0.25, -0.2) is 23.7 Å². The van der Waals surface area contributed by atoms with E-state index in [1.807, 2.05) is 24.8 Å². The molecule has 0 amide bonds. The molecule has 0 aliphatic carbocycles. The van der Waals surface area contributed by atoms with Crippen LogP contribution in [0.3, 0.4) is 0 Å². The third-order valence-electron chi connectivity index (χ3n) is 9.93. The molecule has 2 saturated heterocycles. The minimum atomic E-state index is -5.00. The average Bonchev–Trinajstić information content (AvgIpc) is 3.55. The van der Waals surface area contributed by atoms with Crippen LogP contribution in [0.25, 0.3) is 22.2 Å². The molecule has 4 aromatic heterocycles. The molecule has 7 rings (SSSR count). The van der Waals surface area contributed by atoms with E-state index in [4.69, 9.17) is 31.8 Å². The fourth-order valence-electron chi connectivity index (χ4n) is 7.71. The van der Waals surface area contributed by atoms with E-state index in [2.05, 4.69) is 30.2 Å². The highest BCUT2D eigenvalue weighted by molar-refractivity contribution is 6.35. The maximum Gasteiger partial charge on any atom is 0.418 e. The van der Waals surface area contributed by atoms with Gasteiger partial charge < -0.3 is 25.4 Å². The summed E-state index contributed by atoms with van der Waals surface area (Å²) in [6.07, 6.45) is -2.54. The first-order chi connectivity index (χ1) is 23.7. The maximum atomic E-state index is 17.0. The number of halogens is 6. The topological polar surface area (TPSA) is 127 Å². The van der Waals surface area contributed by atoms with Gasteiger partial charge in [-0.15, -0.1) is 0 Å². The van der Waals surface area contributed by atoms with Gasteiger partial charge in [0.25, 0.3) is 0 Å². The number of aryl methyl sites for hydroxylation is 1. The van der Waals surface area contributed by atoms with Gasteiger partial charge in [-0.3, -0.25) is 4.90 Å². The number of hydrogen-bond acceptors (Lipinski definition) is 11. The van der Waals surface area contributed by atoms with Crippen LogP contribution in [0.4, 0.5) is 39.4 Å². The van der Waals surface area contributed by atoms with Crippen molar-refractivity contribution in [3.8, 4) is 23.1 Å². The van der Waals surface area contributed by atoms with Gasteiger partial charge in [0.05, 0.1) is 33.9 Å². The fourth-order valence-corrected chi connectivity index (χ4v) is 7.94. The number of pyridine rings is 3. The standard InChI is InChI=1S/C33H35ClF5N9O2/c1-15-13-49-30-21-26(24(36)25(44-30)20-22(33(37,38)39)16(2)43-27(40)23(20)34)45-31(50-14-32-8-6-10-47(32)12-18(35)11-32)46-29(21)48(15)17(3)19-7-5-9-42-28(19)41-4/h5,7,9,15,17-18H,6,8,10-14H2,1-4H3,(H2,40,43)(H,41,42)/t15-,17?,18?,32-/m0/s1. The molecule has 17 heteroatoms. The van der Waals surface area contributed by atoms with Gasteiger partial charge >= 0.3 is 12.2 Å². The van der Waals surface area contributed by atoms with Crippen LogP contribution in [-0.2, 0) is 6.18 Å². The number of nitrogen functional groups attached to an aromatic ring is 1. The summed E-state index contributed by atoms with van der Waals surface area (Å²) in [5.74, 6) is -1.07. The molecule has 0 radical (unpaired) electrons. The van der Waals surface area contributed by atoms with Crippen LogP contribution >= 0.6 is 11.6 Å². The van der Waals surface area contributed by atoms with Gasteiger partial charge in [-0.2, -0.15) is 23.1 Å². The SMILES string of the molecule is CNc1ncccc1C(C)N1c2nc(OC[C@@]34CCCN3CC(F)C4)nc3c(F)c(-c4c(Cl)c(N)nc(C)c4C(F)(F)F)nc(c23)OC[C@@H]1C. The van der Waals surface area contributed by atoms with Crippen molar-refractivity contribution in [2.75, 3.05) is 49.3 Å². The molecule has 3 aliphatic heterocycles. The number of hydrogen-bond donors (Lipinski definition) is 2. The number of alkyl halides is 4. The van der Waals surface area contributed by atoms with Crippen molar-refractivity contribution < 1.29 is 31.4 Å². The second-order valence-corrected chi connectivity index (χ2v) is 13.5. The summed E-state index contributed by atoms with van der Waals surface area (Å²) in [7, 11) is 1.74. The quantitative estimate of drug-likeness (QED) is 0.203. The number of nitrogens with two attached hydrogens (primary N) is 1. The second-order valence-electron chi connectivity index (χ2n) is 13.1. The Hall–Kier alpha value is -4.31. The van der Waals surface area contributed by atoms with Crippen molar-refractivity contribution in [2.45, 2.75) is 70.0 Å². The van der Waals surface area contributed by atoms with Gasteiger partial charge in [0.15, 0.2) is 5.82 Å². The summed E-state index contributed by atoms with van der Waals surface area (Å²) >= 11 is 6.36. The van der Waals surface area contributed by atoms with Crippen molar-refractivity contribution in [3.63, 3.8) is 0 Å². The van der Waals surface area contributed by atoms with Gasteiger partial charge in [0.1, 0.15) is 53.4 Å². The lowest BCUT2D eigenvalue weighted by Gasteiger charge is -2.35. The van der Waals surface area contributed by atoms with E-state index in [1.165, 1.54) is 0 Å². The number of rotatable bonds is 7. The highest BCUT2D eigenvalue weighted by Gasteiger charge is 2.49. The molecule has 0 spiro atoms. The Morgan fingerprint density at radius 3 is 2.76 bits per heavy atom. The summed E-state index contributed by atoms with van der Waals surface area (Å²) in [5.41, 5.74) is 2.34. The van der Waals surface area contributed by atoms with E-state index < -0.39 is 74.7 Å². The van der Waals surface area contributed by atoms with Crippen molar-refractivity contribution in [2.24, 2.45) is 0 Å². The third-order valence-corrected chi connectivity index (χ3v) is 10.3. The Morgan fingerprint density at radius 1 is 1.24 bits per heavy atom. The largest absolute Gasteiger partial charge is 0.475 e. The van der Waals surface area contributed by atoms with Crippen LogP contribution in [0.5, 0.6) is 11.9 Å². The highest BCUT2D eigenvalue weighted by Crippen LogP contribution is 2.48. The minimum Gasteiger partial charge on any atom is -0.475 e. The summed E-state index contributed by atoms with van der Waals surface area (Å²) in [4.78, 5) is 25.6. The lowest BCUT2D eigenvalue weighted by atomic mass is 9.95. The maximum absolute atomic E-state index is 17.0. The molecule has 11 nitrogen and oxygen atoms in total. The van der Waals surface area contributed by atoms with Gasteiger partial charge in [-0.1, -0.05) is 17.7 Å². The molecule has 50 heavy (non-hydrogen) atoms. The number of anilines is 3. The molecule has 3 aliphatic rings. The van der Waals surface area contributed by atoms with E-state index in [1.54, 1.807) is 19.3 Å². The van der Waals surface area contributed by atoms with E-state index in [9.17, 15) is 17.6 Å². The molecule has 266 valence electrons. The number of ether oxygens (including phenoxy) is 2. The van der Waals surface area contributed by atoms with Crippen LogP contribution in [0.15, 0.2) is 18.3 Å². The zero-order valence-electron chi connectivity index (χ0n) is 27.7. The smallest absolute Gasteiger partial charge is 0.418 e. The zero-order chi connectivity index (χ0) is 35.7. The Labute approximate surface area is 289 Å². The summed E-state index contributed by atoms with van der Waals surface area (Å²) in [5, 5.41) is 2.49. The Morgan fingerprint density at radius 2 is 2.02 bits per heavy atom. The highest BCUT2D eigenvalue weighted by atomic mass is 35.5. The molecule has 0 saturated carbocycles. The molecule has 0 aromatic carbocycles. The van der Waals surface area contributed by atoms with Crippen LogP contribution in [0.1, 0.15) is 56.0 Å². The normalized spacial score (nSPS) is 22.7. The summed E-state index contributed by atoms with van der Waals surface area (Å²) in [6.45, 7) is 5.91. The first kappa shape index (κ1) is 34.2. The Bertz CT molecular complexity index is 1990. The third kappa shape index (κ3) is 5.56. The number of aromatic nitrogens is 5. The first-order valence-electron chi connectivity index (χ1n) is 16.2. The lowest BCUT2D eigenvalue weighted by Crippen LogP contribution is -2.43. The molecule has 4 atom stereocenters. The first-order valence-corrected chi connectivity index (χ1v) is 16.6. The average molecular weight is 720 g/mol.